The average Bonchev–Trinajstić information content (AvgIpc) is 2.63. The van der Waals surface area contributed by atoms with Crippen LogP contribution in [0, 0.1) is 0 Å². The van der Waals surface area contributed by atoms with E-state index in [4.69, 9.17) is 5.11 Å². The van der Waals surface area contributed by atoms with E-state index in [-0.39, 0.29) is 25.2 Å². The maximum absolute atomic E-state index is 12.7. The molecule has 0 bridgehead atoms. The highest BCUT2D eigenvalue weighted by Gasteiger charge is 2.39. The van der Waals surface area contributed by atoms with Crippen LogP contribution in [0.4, 0.5) is 4.79 Å². The molecule has 0 aromatic rings. The van der Waals surface area contributed by atoms with Crippen LogP contribution in [-0.4, -0.2) is 88.3 Å². The SMILES string of the molecule is CN(C)CC1CC(O)CN1C(=O)N(CC(=O)O)C(C)(C)C. The highest BCUT2D eigenvalue weighted by molar-refractivity contribution is 5.81. The molecule has 0 aromatic heterocycles. The van der Waals surface area contributed by atoms with Gasteiger partial charge in [-0.05, 0) is 41.3 Å². The summed E-state index contributed by atoms with van der Waals surface area (Å²) in [5.41, 5.74) is -0.592. The number of amides is 2. The molecular weight excluding hydrogens is 274 g/mol. The van der Waals surface area contributed by atoms with Gasteiger partial charge in [0.05, 0.1) is 6.10 Å². The molecule has 122 valence electrons. The molecule has 1 heterocycles. The molecule has 7 heteroatoms. The van der Waals surface area contributed by atoms with Crippen LogP contribution in [0.3, 0.4) is 0 Å². The Morgan fingerprint density at radius 1 is 1.29 bits per heavy atom. The van der Waals surface area contributed by atoms with E-state index in [1.54, 1.807) is 25.7 Å². The van der Waals surface area contributed by atoms with Crippen molar-refractivity contribution in [2.24, 2.45) is 0 Å². The molecule has 1 aliphatic heterocycles. The van der Waals surface area contributed by atoms with Gasteiger partial charge in [0.1, 0.15) is 6.54 Å². The maximum atomic E-state index is 12.7. The van der Waals surface area contributed by atoms with Crippen molar-refractivity contribution in [1.82, 2.24) is 14.7 Å². The number of hydrogen-bond donors (Lipinski definition) is 2. The fraction of sp³-hybridized carbons (Fsp3) is 0.857. The summed E-state index contributed by atoms with van der Waals surface area (Å²) >= 11 is 0. The molecule has 0 radical (unpaired) electrons. The molecule has 21 heavy (non-hydrogen) atoms. The predicted octanol–water partition coefficient (Wildman–Crippen LogP) is 0.288. The second kappa shape index (κ2) is 6.62. The van der Waals surface area contributed by atoms with Crippen LogP contribution in [0.2, 0.25) is 0 Å². The minimum absolute atomic E-state index is 0.0962. The van der Waals surface area contributed by atoms with Crippen LogP contribution in [0.25, 0.3) is 0 Å². The summed E-state index contributed by atoms with van der Waals surface area (Å²) < 4.78 is 0. The van der Waals surface area contributed by atoms with Gasteiger partial charge >= 0.3 is 12.0 Å². The molecule has 2 unspecified atom stereocenters. The number of likely N-dealkylation sites (N-methyl/N-ethyl adjacent to an activating group) is 1. The highest BCUT2D eigenvalue weighted by atomic mass is 16.4. The molecule has 0 spiro atoms. The van der Waals surface area contributed by atoms with Crippen molar-refractivity contribution in [2.45, 2.75) is 44.9 Å². The molecule has 1 rings (SSSR count). The molecular formula is C14H27N3O4. The first-order chi connectivity index (χ1) is 9.52. The number of rotatable bonds is 4. The van der Waals surface area contributed by atoms with E-state index in [1.165, 1.54) is 4.90 Å². The lowest BCUT2D eigenvalue weighted by molar-refractivity contribution is -0.138. The Balaban J connectivity index is 2.93. The van der Waals surface area contributed by atoms with Crippen LogP contribution in [0.15, 0.2) is 0 Å². The molecule has 2 N–H and O–H groups in total. The number of β-amino-alcohol motifs (C(OH)–C–C–N with tert-alkyl or cyclic N) is 1. The zero-order chi connectivity index (χ0) is 16.4. The number of urea groups is 1. The molecule has 2 amide bonds. The summed E-state index contributed by atoms with van der Waals surface area (Å²) in [5, 5.41) is 18.9. The number of aliphatic hydroxyl groups is 1. The number of carbonyl (C=O) groups excluding carboxylic acids is 1. The van der Waals surface area contributed by atoms with Gasteiger partial charge in [0, 0.05) is 24.7 Å². The topological polar surface area (TPSA) is 84.3 Å². The van der Waals surface area contributed by atoms with Gasteiger partial charge in [0.2, 0.25) is 0 Å². The molecule has 0 aliphatic carbocycles. The Bertz CT molecular complexity index is 392. The lowest BCUT2D eigenvalue weighted by atomic mass is 10.1. The Morgan fingerprint density at radius 2 is 1.86 bits per heavy atom. The molecule has 1 aliphatic rings. The number of carbonyl (C=O) groups is 2. The second-order valence-corrected chi connectivity index (χ2v) is 6.89. The van der Waals surface area contributed by atoms with E-state index in [0.29, 0.717) is 13.0 Å². The summed E-state index contributed by atoms with van der Waals surface area (Å²) in [5.74, 6) is -1.04. The van der Waals surface area contributed by atoms with E-state index in [2.05, 4.69) is 0 Å². The third-order valence-corrected chi connectivity index (χ3v) is 3.55. The van der Waals surface area contributed by atoms with Crippen LogP contribution in [0.1, 0.15) is 27.2 Å². The van der Waals surface area contributed by atoms with E-state index in [1.807, 2.05) is 19.0 Å². The van der Waals surface area contributed by atoms with Crippen molar-refractivity contribution in [2.75, 3.05) is 33.7 Å². The van der Waals surface area contributed by atoms with Crippen molar-refractivity contribution >= 4 is 12.0 Å². The quantitative estimate of drug-likeness (QED) is 0.779. The smallest absolute Gasteiger partial charge is 0.323 e. The van der Waals surface area contributed by atoms with E-state index in [9.17, 15) is 14.7 Å². The lowest BCUT2D eigenvalue weighted by Crippen LogP contribution is -2.55. The van der Waals surface area contributed by atoms with Gasteiger partial charge < -0.3 is 24.9 Å². The van der Waals surface area contributed by atoms with E-state index < -0.39 is 17.6 Å². The summed E-state index contributed by atoms with van der Waals surface area (Å²) in [6, 6.07) is -0.422. The van der Waals surface area contributed by atoms with Crippen LogP contribution >= 0.6 is 0 Å². The lowest BCUT2D eigenvalue weighted by Gasteiger charge is -2.39. The highest BCUT2D eigenvalue weighted by Crippen LogP contribution is 2.23. The zero-order valence-corrected chi connectivity index (χ0v) is 13.5. The van der Waals surface area contributed by atoms with Crippen molar-refractivity contribution in [3.05, 3.63) is 0 Å². The van der Waals surface area contributed by atoms with Gasteiger partial charge in [-0.25, -0.2) is 4.79 Å². The monoisotopic (exact) mass is 301 g/mol. The first kappa shape index (κ1) is 17.7. The molecule has 0 aromatic carbocycles. The van der Waals surface area contributed by atoms with Gasteiger partial charge in [0.25, 0.3) is 0 Å². The third-order valence-electron chi connectivity index (χ3n) is 3.55. The number of carboxylic acid groups (broad SMARTS) is 1. The fourth-order valence-electron chi connectivity index (χ4n) is 2.60. The first-order valence-electron chi connectivity index (χ1n) is 7.15. The first-order valence-corrected chi connectivity index (χ1v) is 7.15. The summed E-state index contributed by atoms with van der Waals surface area (Å²) in [6.07, 6.45) is -0.0276. The average molecular weight is 301 g/mol. The standard InChI is InChI=1S/C14H27N3O4/c1-14(2,3)17(9-12(19)20)13(21)16-8-11(18)6-10(16)7-15(4)5/h10-11,18H,6-9H2,1-5H3,(H,19,20). The number of aliphatic hydroxyl groups excluding tert-OH is 1. The number of hydrogen-bond acceptors (Lipinski definition) is 4. The fourth-order valence-corrected chi connectivity index (χ4v) is 2.60. The number of carboxylic acids is 1. The molecule has 2 atom stereocenters. The largest absolute Gasteiger partial charge is 0.480 e. The van der Waals surface area contributed by atoms with E-state index >= 15 is 0 Å². The summed E-state index contributed by atoms with van der Waals surface area (Å²) in [7, 11) is 3.82. The van der Waals surface area contributed by atoms with Crippen LogP contribution in [0.5, 0.6) is 0 Å². The zero-order valence-electron chi connectivity index (χ0n) is 13.5. The second-order valence-electron chi connectivity index (χ2n) is 6.89. The van der Waals surface area contributed by atoms with Crippen LogP contribution < -0.4 is 0 Å². The van der Waals surface area contributed by atoms with Gasteiger partial charge in [-0.2, -0.15) is 0 Å². The van der Waals surface area contributed by atoms with Crippen molar-refractivity contribution in [3.63, 3.8) is 0 Å². The Labute approximate surface area is 126 Å². The van der Waals surface area contributed by atoms with Gasteiger partial charge in [-0.15, -0.1) is 0 Å². The molecule has 7 nitrogen and oxygen atoms in total. The summed E-state index contributed by atoms with van der Waals surface area (Å²) in [4.78, 5) is 28.7. The minimum Gasteiger partial charge on any atom is -0.480 e. The number of likely N-dealkylation sites (tertiary alicyclic amines) is 1. The Hall–Kier alpha value is -1.34. The van der Waals surface area contributed by atoms with Crippen molar-refractivity contribution in [1.29, 1.82) is 0 Å². The summed E-state index contributed by atoms with van der Waals surface area (Å²) in [6.45, 7) is 5.98. The van der Waals surface area contributed by atoms with E-state index in [0.717, 1.165) is 0 Å². The molecule has 0 saturated carbocycles. The van der Waals surface area contributed by atoms with Gasteiger partial charge in [-0.1, -0.05) is 0 Å². The van der Waals surface area contributed by atoms with Gasteiger partial charge in [-0.3, -0.25) is 4.79 Å². The minimum atomic E-state index is -1.04. The Morgan fingerprint density at radius 3 is 2.29 bits per heavy atom. The van der Waals surface area contributed by atoms with Crippen LogP contribution in [-0.2, 0) is 4.79 Å². The third kappa shape index (κ3) is 4.86. The maximum Gasteiger partial charge on any atom is 0.323 e. The predicted molar refractivity (Wildman–Crippen MR) is 79.2 cm³/mol. The van der Waals surface area contributed by atoms with Crippen molar-refractivity contribution < 1.29 is 19.8 Å². The molecule has 1 fully saturated rings. The van der Waals surface area contributed by atoms with Crippen molar-refractivity contribution in [3.8, 4) is 0 Å². The number of aliphatic carboxylic acids is 1. The molecule has 1 saturated heterocycles. The number of nitrogens with zero attached hydrogens (tertiary/aromatic N) is 3. The van der Waals surface area contributed by atoms with Gasteiger partial charge in [0.15, 0.2) is 0 Å². The normalized spacial score (nSPS) is 22.7. The Kier molecular flexibility index (Phi) is 5.58.